The number of benzene rings is 2. The van der Waals surface area contributed by atoms with Crippen molar-refractivity contribution in [1.29, 1.82) is 0 Å². The zero-order valence-corrected chi connectivity index (χ0v) is 17.7. The van der Waals surface area contributed by atoms with Crippen LogP contribution in [-0.4, -0.2) is 33.2 Å². The Labute approximate surface area is 174 Å². The van der Waals surface area contributed by atoms with E-state index in [9.17, 15) is 13.2 Å². The first-order valence-electron chi connectivity index (χ1n) is 8.22. The van der Waals surface area contributed by atoms with E-state index in [0.29, 0.717) is 22.9 Å². The molecule has 0 bridgehead atoms. The highest BCUT2D eigenvalue weighted by Crippen LogP contribution is 2.23. The first-order chi connectivity index (χ1) is 13.2. The monoisotopic (exact) mass is 441 g/mol. The highest BCUT2D eigenvalue weighted by atomic mass is 35.5. The number of methoxy groups -OCH3 is 1. The molecule has 2 aromatic carbocycles. The summed E-state index contributed by atoms with van der Waals surface area (Å²) >= 11 is 11.0. The Bertz CT molecular complexity index is 963. The second-order valence-corrected chi connectivity index (χ2v) is 8.32. The molecule has 7 nitrogen and oxygen atoms in total. The molecule has 3 N–H and O–H groups in total. The van der Waals surface area contributed by atoms with Gasteiger partial charge in [0.1, 0.15) is 0 Å². The molecule has 0 aliphatic heterocycles. The highest BCUT2D eigenvalue weighted by molar-refractivity contribution is 7.92. The van der Waals surface area contributed by atoms with E-state index >= 15 is 0 Å². The van der Waals surface area contributed by atoms with Gasteiger partial charge in [-0.2, -0.15) is 0 Å². The molecule has 0 heterocycles. The van der Waals surface area contributed by atoms with Crippen LogP contribution < -0.4 is 15.4 Å². The van der Waals surface area contributed by atoms with Gasteiger partial charge in [-0.3, -0.25) is 9.52 Å². The molecule has 0 saturated carbocycles. The van der Waals surface area contributed by atoms with E-state index in [1.807, 2.05) is 6.92 Å². The van der Waals surface area contributed by atoms with Gasteiger partial charge in [0, 0.05) is 22.9 Å². The molecule has 28 heavy (non-hydrogen) atoms. The fraction of sp³-hybridized carbons (Fsp3) is 0.222. The molecule has 0 amide bonds. The molecule has 2 rings (SSSR count). The van der Waals surface area contributed by atoms with Crippen LogP contribution in [0.5, 0.6) is 0 Å². The van der Waals surface area contributed by atoms with Crippen molar-refractivity contribution in [2.45, 2.75) is 18.2 Å². The van der Waals surface area contributed by atoms with Crippen LogP contribution in [0.1, 0.15) is 12.0 Å². The van der Waals surface area contributed by atoms with E-state index in [4.69, 9.17) is 23.8 Å². The summed E-state index contributed by atoms with van der Waals surface area (Å²) in [6, 6.07) is 11.0. The summed E-state index contributed by atoms with van der Waals surface area (Å²) < 4.78 is 32.3. The molecule has 0 aliphatic rings. The summed E-state index contributed by atoms with van der Waals surface area (Å²) in [5.41, 5.74) is 1.75. The Morgan fingerprint density at radius 1 is 1.18 bits per heavy atom. The molecule has 0 saturated heterocycles. The van der Waals surface area contributed by atoms with Crippen LogP contribution in [0.15, 0.2) is 47.4 Å². The lowest BCUT2D eigenvalue weighted by atomic mass is 10.2. The standard InChI is InChI=1S/C18H20ClN3O4S2/c1-12-3-8-15(28(24,25)22-14-6-4-13(19)5-7-14)11-16(12)21-18(27)20-10-9-17(23)26-2/h3-8,11,22H,9-10H2,1-2H3,(H2,20,21,27). The zero-order valence-electron chi connectivity index (χ0n) is 15.3. The maximum Gasteiger partial charge on any atom is 0.307 e. The van der Waals surface area contributed by atoms with Crippen LogP contribution in [0.3, 0.4) is 0 Å². The summed E-state index contributed by atoms with van der Waals surface area (Å²) in [5.74, 6) is -0.354. The average Bonchev–Trinajstić information content (AvgIpc) is 2.65. The maximum absolute atomic E-state index is 12.6. The Kier molecular flexibility index (Phi) is 7.61. The number of thiocarbonyl (C=S) groups is 1. The minimum absolute atomic E-state index is 0.0768. The summed E-state index contributed by atoms with van der Waals surface area (Å²) in [7, 11) is -2.48. The van der Waals surface area contributed by atoms with E-state index in [0.717, 1.165) is 5.56 Å². The van der Waals surface area contributed by atoms with Gasteiger partial charge in [0.05, 0.1) is 18.4 Å². The number of carbonyl (C=O) groups excluding carboxylic acids is 1. The van der Waals surface area contributed by atoms with Gasteiger partial charge in [0.25, 0.3) is 10.0 Å². The molecule has 0 aromatic heterocycles. The second kappa shape index (κ2) is 9.72. The number of ether oxygens (including phenoxy) is 1. The summed E-state index contributed by atoms with van der Waals surface area (Å²) in [6.45, 7) is 2.12. The third-order valence-electron chi connectivity index (χ3n) is 3.71. The van der Waals surface area contributed by atoms with Crippen LogP contribution in [0.2, 0.25) is 5.02 Å². The Morgan fingerprint density at radius 3 is 2.50 bits per heavy atom. The molecule has 0 aliphatic carbocycles. The molecule has 150 valence electrons. The van der Waals surface area contributed by atoms with Gasteiger partial charge in [0.15, 0.2) is 5.11 Å². The van der Waals surface area contributed by atoms with Gasteiger partial charge in [-0.15, -0.1) is 0 Å². The van der Waals surface area contributed by atoms with Crippen molar-refractivity contribution >= 4 is 56.3 Å². The van der Waals surface area contributed by atoms with E-state index in [2.05, 4.69) is 20.1 Å². The molecule has 0 spiro atoms. The normalized spacial score (nSPS) is 10.8. The van der Waals surface area contributed by atoms with E-state index in [-0.39, 0.29) is 22.4 Å². The molecular weight excluding hydrogens is 422 g/mol. The molecule has 0 fully saturated rings. The first-order valence-corrected chi connectivity index (χ1v) is 10.5. The number of sulfonamides is 1. The second-order valence-electron chi connectivity index (χ2n) is 5.80. The quantitative estimate of drug-likeness (QED) is 0.448. The number of hydrogen-bond donors (Lipinski definition) is 3. The SMILES string of the molecule is COC(=O)CCNC(=S)Nc1cc(S(=O)(=O)Nc2ccc(Cl)cc2)ccc1C. The minimum atomic E-state index is -3.79. The predicted octanol–water partition coefficient (Wildman–Crippen LogP) is 3.30. The fourth-order valence-corrected chi connectivity index (χ4v) is 3.60. The molecule has 2 aromatic rings. The van der Waals surface area contributed by atoms with Gasteiger partial charge in [-0.05, 0) is 61.1 Å². The van der Waals surface area contributed by atoms with Crippen molar-refractivity contribution in [3.05, 3.63) is 53.1 Å². The number of anilines is 2. The van der Waals surface area contributed by atoms with Crippen molar-refractivity contribution in [3.8, 4) is 0 Å². The van der Waals surface area contributed by atoms with E-state index < -0.39 is 10.0 Å². The van der Waals surface area contributed by atoms with Crippen molar-refractivity contribution < 1.29 is 17.9 Å². The number of esters is 1. The van der Waals surface area contributed by atoms with Gasteiger partial charge >= 0.3 is 5.97 Å². The predicted molar refractivity (Wildman–Crippen MR) is 114 cm³/mol. The maximum atomic E-state index is 12.6. The van der Waals surface area contributed by atoms with Crippen molar-refractivity contribution in [2.24, 2.45) is 0 Å². The molecule has 0 radical (unpaired) electrons. The van der Waals surface area contributed by atoms with Gasteiger partial charge < -0.3 is 15.4 Å². The Hall–Kier alpha value is -2.36. The number of aryl methyl sites for hydroxylation is 1. The summed E-state index contributed by atoms with van der Waals surface area (Å²) in [6.07, 6.45) is 0.163. The highest BCUT2D eigenvalue weighted by Gasteiger charge is 2.16. The lowest BCUT2D eigenvalue weighted by Gasteiger charge is -2.14. The smallest absolute Gasteiger partial charge is 0.307 e. The first kappa shape index (κ1) is 21.9. The number of hydrogen-bond acceptors (Lipinski definition) is 5. The molecule has 0 atom stereocenters. The number of carbonyl (C=O) groups is 1. The van der Waals surface area contributed by atoms with Crippen molar-refractivity contribution in [3.63, 3.8) is 0 Å². The summed E-state index contributed by atoms with van der Waals surface area (Å²) in [4.78, 5) is 11.2. The van der Waals surface area contributed by atoms with Gasteiger partial charge in [-0.1, -0.05) is 17.7 Å². The number of halogens is 1. The molecular formula is C18H20ClN3O4S2. The minimum Gasteiger partial charge on any atom is -0.469 e. The van der Waals surface area contributed by atoms with E-state index in [1.165, 1.54) is 19.2 Å². The zero-order chi connectivity index (χ0) is 20.7. The van der Waals surface area contributed by atoms with Crippen molar-refractivity contribution in [1.82, 2.24) is 5.32 Å². The number of nitrogens with one attached hydrogen (secondary N) is 3. The van der Waals surface area contributed by atoms with Gasteiger partial charge in [0.2, 0.25) is 0 Å². The van der Waals surface area contributed by atoms with Crippen LogP contribution in [0.4, 0.5) is 11.4 Å². The Balaban J connectivity index is 2.09. The Morgan fingerprint density at radius 2 is 1.86 bits per heavy atom. The van der Waals surface area contributed by atoms with Crippen molar-refractivity contribution in [2.75, 3.05) is 23.7 Å². The fourth-order valence-electron chi connectivity index (χ4n) is 2.18. The lowest BCUT2D eigenvalue weighted by Crippen LogP contribution is -2.30. The largest absolute Gasteiger partial charge is 0.469 e. The van der Waals surface area contributed by atoms with Gasteiger partial charge in [-0.25, -0.2) is 8.42 Å². The van der Waals surface area contributed by atoms with Crippen LogP contribution in [0.25, 0.3) is 0 Å². The topological polar surface area (TPSA) is 96.5 Å². The van der Waals surface area contributed by atoms with Crippen LogP contribution >= 0.6 is 23.8 Å². The van der Waals surface area contributed by atoms with E-state index in [1.54, 1.807) is 30.3 Å². The molecule has 10 heteroatoms. The average molecular weight is 442 g/mol. The third kappa shape index (κ3) is 6.36. The number of rotatable bonds is 7. The third-order valence-corrected chi connectivity index (χ3v) is 5.58. The summed E-state index contributed by atoms with van der Waals surface area (Å²) in [5, 5.41) is 6.60. The lowest BCUT2D eigenvalue weighted by molar-refractivity contribution is -0.140. The molecule has 0 unspecified atom stereocenters. The van der Waals surface area contributed by atoms with Crippen LogP contribution in [0, 0.1) is 6.92 Å². The van der Waals surface area contributed by atoms with Crippen LogP contribution in [-0.2, 0) is 19.6 Å².